The van der Waals surface area contributed by atoms with E-state index in [1.807, 2.05) is 44.2 Å². The van der Waals surface area contributed by atoms with Crippen LogP contribution in [0.2, 0.25) is 0 Å². The second-order valence-corrected chi connectivity index (χ2v) is 10.1. The first-order valence-corrected chi connectivity index (χ1v) is 12.6. The average molecular weight is 483 g/mol. The quantitative estimate of drug-likeness (QED) is 0.540. The summed E-state index contributed by atoms with van der Waals surface area (Å²) in [6.45, 7) is 4.90. The van der Waals surface area contributed by atoms with Crippen LogP contribution in [-0.2, 0) is 21.2 Å². The van der Waals surface area contributed by atoms with Crippen molar-refractivity contribution in [1.29, 1.82) is 0 Å². The number of amides is 1. The fourth-order valence-corrected chi connectivity index (χ4v) is 5.21. The summed E-state index contributed by atoms with van der Waals surface area (Å²) in [6.07, 6.45) is 1.76. The minimum Gasteiger partial charge on any atom is -0.340 e. The summed E-state index contributed by atoms with van der Waals surface area (Å²) >= 11 is 0. The minimum atomic E-state index is -3.56. The minimum absolute atomic E-state index is 0.0678. The van der Waals surface area contributed by atoms with E-state index in [9.17, 15) is 17.6 Å². The van der Waals surface area contributed by atoms with Crippen LogP contribution in [0.4, 0.5) is 4.39 Å². The van der Waals surface area contributed by atoms with Gasteiger partial charge in [-0.25, -0.2) is 17.5 Å². The average Bonchev–Trinajstić information content (AvgIpc) is 3.12. The number of benzene rings is 2. The van der Waals surface area contributed by atoms with Crippen LogP contribution in [0.3, 0.4) is 0 Å². The largest absolute Gasteiger partial charge is 0.340 e. The number of nitrogens with zero attached hydrogens (tertiary/aromatic N) is 4. The predicted molar refractivity (Wildman–Crippen MR) is 129 cm³/mol. The number of sulfonamides is 1. The molecule has 0 atom stereocenters. The topological polar surface area (TPSA) is 75.5 Å². The van der Waals surface area contributed by atoms with E-state index in [2.05, 4.69) is 5.10 Å². The number of carbonyl (C=O) groups excluding carboxylic acids is 1. The van der Waals surface area contributed by atoms with Crippen LogP contribution < -0.4 is 0 Å². The van der Waals surface area contributed by atoms with Gasteiger partial charge in [0.2, 0.25) is 15.9 Å². The van der Waals surface area contributed by atoms with Gasteiger partial charge in [0.1, 0.15) is 5.82 Å². The van der Waals surface area contributed by atoms with Gasteiger partial charge < -0.3 is 4.90 Å². The molecule has 34 heavy (non-hydrogen) atoms. The summed E-state index contributed by atoms with van der Waals surface area (Å²) in [5, 5.41) is 5.75. The Hall–Kier alpha value is -3.30. The molecule has 1 aromatic heterocycles. The highest BCUT2D eigenvalue weighted by molar-refractivity contribution is 7.92. The SMILES string of the molecule is Cc1nn(-c2ccc(F)cc2)c(C)c1CC(=O)N1CCN(S(=O)(=O)/C=C/c2ccccc2)CC1. The van der Waals surface area contributed by atoms with Gasteiger partial charge in [-0.15, -0.1) is 0 Å². The molecule has 1 saturated heterocycles. The lowest BCUT2D eigenvalue weighted by Crippen LogP contribution is -2.50. The second-order valence-electron chi connectivity index (χ2n) is 8.25. The molecule has 0 aliphatic carbocycles. The van der Waals surface area contributed by atoms with Crippen LogP contribution in [0.15, 0.2) is 60.0 Å². The van der Waals surface area contributed by atoms with Crippen LogP contribution in [0.1, 0.15) is 22.5 Å². The molecule has 7 nitrogen and oxygen atoms in total. The Kier molecular flexibility index (Phi) is 6.95. The molecule has 3 aromatic rings. The van der Waals surface area contributed by atoms with Gasteiger partial charge in [-0.1, -0.05) is 30.3 Å². The van der Waals surface area contributed by atoms with Crippen LogP contribution in [0.25, 0.3) is 11.8 Å². The molecule has 0 radical (unpaired) electrons. The Bertz CT molecular complexity index is 1290. The fourth-order valence-electron chi connectivity index (χ4n) is 4.03. The van der Waals surface area contributed by atoms with Crippen molar-refractivity contribution >= 4 is 22.0 Å². The molecule has 0 spiro atoms. The van der Waals surface area contributed by atoms with E-state index < -0.39 is 10.0 Å². The van der Waals surface area contributed by atoms with E-state index in [1.165, 1.54) is 21.8 Å². The number of hydrogen-bond acceptors (Lipinski definition) is 4. The Balaban J connectivity index is 1.39. The lowest BCUT2D eigenvalue weighted by atomic mass is 10.1. The maximum atomic E-state index is 13.3. The Morgan fingerprint density at radius 1 is 1.00 bits per heavy atom. The number of carbonyl (C=O) groups is 1. The monoisotopic (exact) mass is 482 g/mol. The number of aromatic nitrogens is 2. The number of rotatable bonds is 6. The van der Waals surface area contributed by atoms with Crippen molar-refractivity contribution in [1.82, 2.24) is 19.0 Å². The third-order valence-corrected chi connectivity index (χ3v) is 7.59. The van der Waals surface area contributed by atoms with Crippen molar-refractivity contribution in [3.05, 3.63) is 88.3 Å². The van der Waals surface area contributed by atoms with E-state index in [4.69, 9.17) is 0 Å². The molecule has 0 bridgehead atoms. The smallest absolute Gasteiger partial charge is 0.236 e. The summed E-state index contributed by atoms with van der Waals surface area (Å²) < 4.78 is 41.7. The maximum Gasteiger partial charge on any atom is 0.236 e. The van der Waals surface area contributed by atoms with Crippen molar-refractivity contribution < 1.29 is 17.6 Å². The number of halogens is 1. The predicted octanol–water partition coefficient (Wildman–Crippen LogP) is 3.32. The highest BCUT2D eigenvalue weighted by atomic mass is 32.2. The van der Waals surface area contributed by atoms with E-state index in [1.54, 1.807) is 27.8 Å². The molecule has 1 aliphatic heterocycles. The van der Waals surface area contributed by atoms with Gasteiger partial charge in [-0.05, 0) is 49.8 Å². The molecule has 0 N–H and O–H groups in total. The van der Waals surface area contributed by atoms with Crippen LogP contribution >= 0.6 is 0 Å². The summed E-state index contributed by atoms with van der Waals surface area (Å²) in [7, 11) is -3.56. The summed E-state index contributed by atoms with van der Waals surface area (Å²) in [6, 6.07) is 15.3. The highest BCUT2D eigenvalue weighted by Gasteiger charge is 2.28. The van der Waals surface area contributed by atoms with Crippen molar-refractivity contribution in [2.24, 2.45) is 0 Å². The third-order valence-electron chi connectivity index (χ3n) is 6.02. The number of aryl methyl sites for hydroxylation is 1. The van der Waals surface area contributed by atoms with E-state index in [-0.39, 0.29) is 31.2 Å². The molecule has 9 heteroatoms. The third kappa shape index (κ3) is 5.26. The van der Waals surface area contributed by atoms with Gasteiger partial charge in [-0.2, -0.15) is 9.40 Å². The summed E-state index contributed by atoms with van der Waals surface area (Å²) in [5.41, 5.74) is 3.93. The zero-order valence-corrected chi connectivity index (χ0v) is 20.0. The molecular formula is C25H27FN4O3S. The number of hydrogen-bond donors (Lipinski definition) is 0. The molecule has 0 saturated carbocycles. The Morgan fingerprint density at radius 3 is 2.29 bits per heavy atom. The van der Waals surface area contributed by atoms with Gasteiger partial charge in [0, 0.05) is 42.8 Å². The lowest BCUT2D eigenvalue weighted by Gasteiger charge is -2.33. The standard InChI is InChI=1S/C25H27FN4O3S/c1-19-24(20(2)30(27-19)23-10-8-22(26)9-11-23)18-25(31)28-13-15-29(16-14-28)34(32,33)17-12-21-6-4-3-5-7-21/h3-12,17H,13-16,18H2,1-2H3/b17-12+. The van der Waals surface area contributed by atoms with Crippen LogP contribution in [-0.4, -0.2) is 59.5 Å². The first kappa shape index (κ1) is 23.8. The van der Waals surface area contributed by atoms with Gasteiger partial charge in [0.25, 0.3) is 0 Å². The molecule has 0 unspecified atom stereocenters. The molecule has 2 heterocycles. The molecule has 178 valence electrons. The van der Waals surface area contributed by atoms with Gasteiger partial charge in [0.05, 0.1) is 17.8 Å². The molecule has 1 fully saturated rings. The molecule has 1 aliphatic rings. The Morgan fingerprint density at radius 2 is 1.65 bits per heavy atom. The molecule has 2 aromatic carbocycles. The fraction of sp³-hybridized carbons (Fsp3) is 0.280. The molecule has 1 amide bonds. The summed E-state index contributed by atoms with van der Waals surface area (Å²) in [5.74, 6) is -0.390. The van der Waals surface area contributed by atoms with E-state index in [0.717, 1.165) is 28.2 Å². The zero-order valence-electron chi connectivity index (χ0n) is 19.2. The van der Waals surface area contributed by atoms with E-state index in [0.29, 0.717) is 13.1 Å². The first-order chi connectivity index (χ1) is 16.2. The highest BCUT2D eigenvalue weighted by Crippen LogP contribution is 2.20. The lowest BCUT2D eigenvalue weighted by molar-refractivity contribution is -0.131. The van der Waals surface area contributed by atoms with Crippen molar-refractivity contribution in [2.45, 2.75) is 20.3 Å². The van der Waals surface area contributed by atoms with Gasteiger partial charge in [-0.3, -0.25) is 4.79 Å². The van der Waals surface area contributed by atoms with Gasteiger partial charge >= 0.3 is 0 Å². The second kappa shape index (κ2) is 9.90. The zero-order chi connectivity index (χ0) is 24.3. The maximum absolute atomic E-state index is 13.3. The van der Waals surface area contributed by atoms with Crippen molar-refractivity contribution in [2.75, 3.05) is 26.2 Å². The van der Waals surface area contributed by atoms with Crippen LogP contribution in [0.5, 0.6) is 0 Å². The molecule has 4 rings (SSSR count). The molecular weight excluding hydrogens is 455 g/mol. The Labute approximate surface area is 199 Å². The first-order valence-electron chi connectivity index (χ1n) is 11.1. The van der Waals surface area contributed by atoms with Crippen molar-refractivity contribution in [3.63, 3.8) is 0 Å². The van der Waals surface area contributed by atoms with Crippen molar-refractivity contribution in [3.8, 4) is 5.69 Å². The normalized spacial score (nSPS) is 15.2. The number of piperazine rings is 1. The summed E-state index contributed by atoms with van der Waals surface area (Å²) in [4.78, 5) is 14.7. The van der Waals surface area contributed by atoms with Crippen LogP contribution in [0, 0.1) is 19.7 Å². The van der Waals surface area contributed by atoms with Gasteiger partial charge in [0.15, 0.2) is 0 Å². The van der Waals surface area contributed by atoms with E-state index >= 15 is 0 Å².